The van der Waals surface area contributed by atoms with Crippen molar-refractivity contribution in [3.63, 3.8) is 0 Å². The second kappa shape index (κ2) is 7.33. The largest absolute Gasteiger partial charge is 0.496 e. The topological polar surface area (TPSA) is 84.9 Å². The second-order valence-corrected chi connectivity index (χ2v) is 9.48. The van der Waals surface area contributed by atoms with Gasteiger partial charge in [0.2, 0.25) is 0 Å². The fraction of sp³-hybridized carbons (Fsp3) is 0.182. The molecule has 2 heterocycles. The molecule has 0 radical (unpaired) electrons. The number of benzene rings is 2. The molecule has 0 aliphatic rings. The van der Waals surface area contributed by atoms with E-state index in [0.29, 0.717) is 16.2 Å². The van der Waals surface area contributed by atoms with Gasteiger partial charge in [0.05, 0.1) is 29.1 Å². The Labute approximate surface area is 169 Å². The lowest BCUT2D eigenvalue weighted by Gasteiger charge is -2.09. The van der Waals surface area contributed by atoms with Crippen LogP contribution >= 0.6 is 0 Å². The van der Waals surface area contributed by atoms with E-state index in [2.05, 4.69) is 9.97 Å². The van der Waals surface area contributed by atoms with E-state index in [4.69, 9.17) is 9.72 Å². The highest BCUT2D eigenvalue weighted by Gasteiger charge is 2.19. The van der Waals surface area contributed by atoms with Crippen molar-refractivity contribution in [2.45, 2.75) is 24.0 Å². The number of methoxy groups -OCH3 is 1. The van der Waals surface area contributed by atoms with Crippen LogP contribution in [0.25, 0.3) is 33.5 Å². The van der Waals surface area contributed by atoms with Crippen LogP contribution in [-0.4, -0.2) is 35.7 Å². The zero-order valence-corrected chi connectivity index (χ0v) is 17.2. The molecule has 0 amide bonds. The third-order valence-electron chi connectivity index (χ3n) is 4.88. The highest BCUT2D eigenvalue weighted by Crippen LogP contribution is 2.34. The lowest BCUT2D eigenvalue weighted by molar-refractivity contribution is 0.416. The summed E-state index contributed by atoms with van der Waals surface area (Å²) in [5, 5.41) is -0.465. The van der Waals surface area contributed by atoms with Gasteiger partial charge in [-0.1, -0.05) is 30.3 Å². The molecule has 2 aromatic carbocycles. The number of sulfone groups is 1. The Morgan fingerprint density at radius 3 is 2.41 bits per heavy atom. The van der Waals surface area contributed by atoms with Crippen molar-refractivity contribution in [1.29, 1.82) is 0 Å². The van der Waals surface area contributed by atoms with Crippen LogP contribution in [0.5, 0.6) is 5.75 Å². The number of nitrogens with one attached hydrogen (secondary N) is 1. The molecule has 7 heteroatoms. The maximum absolute atomic E-state index is 12.3. The van der Waals surface area contributed by atoms with Crippen LogP contribution in [0.1, 0.15) is 13.8 Å². The molecule has 2 aromatic heterocycles. The summed E-state index contributed by atoms with van der Waals surface area (Å²) in [5.74, 6) is 0.754. The summed E-state index contributed by atoms with van der Waals surface area (Å²) in [5.41, 5.74) is 4.69. The number of aromatic nitrogens is 3. The molecule has 0 fully saturated rings. The van der Waals surface area contributed by atoms with Crippen molar-refractivity contribution in [2.75, 3.05) is 7.11 Å². The normalized spacial score (nSPS) is 11.9. The Hall–Kier alpha value is -3.19. The molecular formula is C22H21N3O3S. The van der Waals surface area contributed by atoms with Gasteiger partial charge in [-0.05, 0) is 32.0 Å². The van der Waals surface area contributed by atoms with Crippen molar-refractivity contribution < 1.29 is 13.2 Å². The summed E-state index contributed by atoms with van der Waals surface area (Å²) in [4.78, 5) is 12.7. The fourth-order valence-corrected chi connectivity index (χ4v) is 4.25. The van der Waals surface area contributed by atoms with E-state index in [-0.39, 0.29) is 0 Å². The molecule has 4 rings (SSSR count). The molecule has 0 unspecified atom stereocenters. The molecule has 0 saturated carbocycles. The van der Waals surface area contributed by atoms with Gasteiger partial charge >= 0.3 is 0 Å². The van der Waals surface area contributed by atoms with Gasteiger partial charge in [0, 0.05) is 22.9 Å². The molecule has 0 aliphatic heterocycles. The molecule has 4 aromatic rings. The van der Waals surface area contributed by atoms with E-state index in [1.54, 1.807) is 51.4 Å². The number of para-hydroxylation sites is 1. The van der Waals surface area contributed by atoms with Crippen LogP contribution in [0.3, 0.4) is 0 Å². The number of ether oxygens (including phenoxy) is 1. The van der Waals surface area contributed by atoms with Crippen LogP contribution in [0.2, 0.25) is 0 Å². The first-order valence-corrected chi connectivity index (χ1v) is 10.8. The molecule has 0 spiro atoms. The zero-order chi connectivity index (χ0) is 20.6. The van der Waals surface area contributed by atoms with Gasteiger partial charge in [-0.25, -0.2) is 18.4 Å². The second-order valence-electron chi connectivity index (χ2n) is 6.97. The lowest BCUT2D eigenvalue weighted by atomic mass is 10.1. The Balaban J connectivity index is 1.79. The van der Waals surface area contributed by atoms with Crippen molar-refractivity contribution in [3.8, 4) is 28.1 Å². The molecule has 29 heavy (non-hydrogen) atoms. The fourth-order valence-electron chi connectivity index (χ4n) is 3.19. The van der Waals surface area contributed by atoms with Gasteiger partial charge in [-0.2, -0.15) is 0 Å². The van der Waals surface area contributed by atoms with E-state index in [1.807, 2.05) is 30.5 Å². The zero-order valence-electron chi connectivity index (χ0n) is 16.4. The smallest absolute Gasteiger partial charge is 0.180 e. The molecule has 0 atom stereocenters. The summed E-state index contributed by atoms with van der Waals surface area (Å²) >= 11 is 0. The monoisotopic (exact) mass is 407 g/mol. The summed E-state index contributed by atoms with van der Waals surface area (Å²) in [6.07, 6.45) is 3.54. The van der Waals surface area contributed by atoms with E-state index < -0.39 is 15.1 Å². The first-order chi connectivity index (χ1) is 13.9. The predicted molar refractivity (Wildman–Crippen MR) is 114 cm³/mol. The summed E-state index contributed by atoms with van der Waals surface area (Å²) in [7, 11) is -1.67. The van der Waals surface area contributed by atoms with Gasteiger partial charge in [-0.15, -0.1) is 0 Å². The van der Waals surface area contributed by atoms with Gasteiger partial charge in [0.15, 0.2) is 15.5 Å². The number of fused-ring (bicyclic) bond motifs is 1. The highest BCUT2D eigenvalue weighted by molar-refractivity contribution is 7.92. The number of H-pyrrole nitrogens is 1. The van der Waals surface area contributed by atoms with Crippen LogP contribution in [-0.2, 0) is 9.84 Å². The third-order valence-corrected chi connectivity index (χ3v) is 7.05. The Morgan fingerprint density at radius 1 is 1.00 bits per heavy atom. The van der Waals surface area contributed by atoms with E-state index >= 15 is 0 Å². The Bertz CT molecular complexity index is 1280. The lowest BCUT2D eigenvalue weighted by Crippen LogP contribution is -2.13. The van der Waals surface area contributed by atoms with E-state index in [1.165, 1.54) is 0 Å². The standard InChI is InChI=1S/C22H21N3O3S/c1-14(2)29(26,27)16-10-8-15(9-11-16)19-13-24-22-21(25-19)18(12-23-22)17-6-4-5-7-20(17)28-3/h4-14H,1-3H3,(H,23,24). The minimum absolute atomic E-state index is 0.307. The SMILES string of the molecule is COc1ccccc1-c1c[nH]c2ncc(-c3ccc(S(=O)(=O)C(C)C)cc3)nc12. The van der Waals surface area contributed by atoms with Gasteiger partial charge < -0.3 is 9.72 Å². The third kappa shape index (κ3) is 3.38. The van der Waals surface area contributed by atoms with E-state index in [0.717, 1.165) is 28.0 Å². The molecule has 0 saturated heterocycles. The number of hydrogen-bond donors (Lipinski definition) is 1. The average molecular weight is 407 g/mol. The molecule has 1 N–H and O–H groups in total. The first-order valence-electron chi connectivity index (χ1n) is 9.23. The number of aromatic amines is 1. The van der Waals surface area contributed by atoms with Crippen molar-refractivity contribution >= 4 is 21.0 Å². The van der Waals surface area contributed by atoms with Gasteiger partial charge in [0.25, 0.3) is 0 Å². The molecular weight excluding hydrogens is 386 g/mol. The molecule has 6 nitrogen and oxygen atoms in total. The van der Waals surface area contributed by atoms with Crippen LogP contribution < -0.4 is 4.74 Å². The number of hydrogen-bond acceptors (Lipinski definition) is 5. The van der Waals surface area contributed by atoms with E-state index in [9.17, 15) is 8.42 Å². The Morgan fingerprint density at radius 2 is 1.72 bits per heavy atom. The minimum Gasteiger partial charge on any atom is -0.496 e. The first kappa shape index (κ1) is 19.1. The molecule has 148 valence electrons. The summed E-state index contributed by atoms with van der Waals surface area (Å²) in [6, 6.07) is 14.5. The minimum atomic E-state index is -3.31. The maximum atomic E-state index is 12.3. The van der Waals surface area contributed by atoms with Crippen molar-refractivity contribution in [1.82, 2.24) is 15.0 Å². The summed E-state index contributed by atoms with van der Waals surface area (Å²) in [6.45, 7) is 3.35. The van der Waals surface area contributed by atoms with Crippen LogP contribution in [0.4, 0.5) is 0 Å². The van der Waals surface area contributed by atoms with Crippen molar-refractivity contribution in [3.05, 3.63) is 60.9 Å². The number of nitrogens with zero attached hydrogens (tertiary/aromatic N) is 2. The number of rotatable bonds is 5. The molecule has 0 aliphatic carbocycles. The van der Waals surface area contributed by atoms with Gasteiger partial charge in [-0.3, -0.25) is 0 Å². The quantitative estimate of drug-likeness (QED) is 0.527. The van der Waals surface area contributed by atoms with Crippen LogP contribution in [0, 0.1) is 0 Å². The average Bonchev–Trinajstić information content (AvgIpc) is 3.16. The van der Waals surface area contributed by atoms with Crippen molar-refractivity contribution in [2.24, 2.45) is 0 Å². The van der Waals surface area contributed by atoms with Gasteiger partial charge in [0.1, 0.15) is 11.3 Å². The maximum Gasteiger partial charge on any atom is 0.180 e. The molecule has 0 bridgehead atoms. The highest BCUT2D eigenvalue weighted by atomic mass is 32.2. The van der Waals surface area contributed by atoms with Crippen LogP contribution in [0.15, 0.2) is 65.8 Å². The summed E-state index contributed by atoms with van der Waals surface area (Å²) < 4.78 is 30.2. The predicted octanol–water partition coefficient (Wildman–Crippen LogP) is 4.48. The Kier molecular flexibility index (Phi) is 4.84.